The molecule has 17 heavy (non-hydrogen) atoms. The molecule has 2 fully saturated rings. The zero-order valence-electron chi connectivity index (χ0n) is 11.5. The molecule has 0 bridgehead atoms. The summed E-state index contributed by atoms with van der Waals surface area (Å²) in [5, 5.41) is 0. The Morgan fingerprint density at radius 2 is 1.94 bits per heavy atom. The Kier molecular flexibility index (Phi) is 5.40. The molecule has 0 aromatic rings. The molecule has 4 heteroatoms. The van der Waals surface area contributed by atoms with Gasteiger partial charge in [-0.15, -0.1) is 0 Å². The largest absolute Gasteiger partial charge is 0.341 e. The molecule has 100 valence electrons. The maximum atomic E-state index is 11.4. The highest BCUT2D eigenvalue weighted by Gasteiger charge is 2.48. The van der Waals surface area contributed by atoms with E-state index in [0.29, 0.717) is 17.7 Å². The number of amides is 1. The van der Waals surface area contributed by atoms with Crippen LogP contribution in [0.25, 0.3) is 0 Å². The maximum absolute atomic E-state index is 11.4. The van der Waals surface area contributed by atoms with Crippen molar-refractivity contribution in [1.82, 2.24) is 9.80 Å². The van der Waals surface area contributed by atoms with Crippen LogP contribution in [0.15, 0.2) is 0 Å². The molecule has 1 spiro atoms. The second kappa shape index (κ2) is 6.36. The third kappa shape index (κ3) is 3.19. The van der Waals surface area contributed by atoms with Crippen molar-refractivity contribution in [2.75, 3.05) is 39.3 Å². The van der Waals surface area contributed by atoms with Crippen molar-refractivity contribution in [3.05, 3.63) is 0 Å². The lowest BCUT2D eigenvalue weighted by molar-refractivity contribution is -0.142. The Bertz CT molecular complexity index is 249. The second-order valence-electron chi connectivity index (χ2n) is 4.92. The zero-order valence-corrected chi connectivity index (χ0v) is 11.5. The van der Waals surface area contributed by atoms with E-state index >= 15 is 0 Å². The Morgan fingerprint density at radius 1 is 1.29 bits per heavy atom. The first-order valence-corrected chi connectivity index (χ1v) is 6.89. The van der Waals surface area contributed by atoms with E-state index in [1.54, 1.807) is 0 Å². The van der Waals surface area contributed by atoms with Crippen molar-refractivity contribution in [3.63, 3.8) is 0 Å². The van der Waals surface area contributed by atoms with Crippen molar-refractivity contribution in [1.29, 1.82) is 0 Å². The molecule has 0 aromatic carbocycles. The highest BCUT2D eigenvalue weighted by molar-refractivity contribution is 5.76. The molecule has 2 saturated heterocycles. The van der Waals surface area contributed by atoms with Crippen molar-refractivity contribution >= 4 is 5.91 Å². The van der Waals surface area contributed by atoms with Gasteiger partial charge in [-0.1, -0.05) is 20.8 Å². The predicted octanol–water partition coefficient (Wildman–Crippen LogP) is 0.916. The minimum Gasteiger partial charge on any atom is -0.341 e. The van der Waals surface area contributed by atoms with Gasteiger partial charge in [0.15, 0.2) is 0 Å². The molecule has 0 aliphatic carbocycles. The number of likely N-dealkylation sites (tertiary alicyclic amines) is 2. The summed E-state index contributed by atoms with van der Waals surface area (Å²) >= 11 is 0. The summed E-state index contributed by atoms with van der Waals surface area (Å²) in [5.74, 6) is 0.304. The van der Waals surface area contributed by atoms with Gasteiger partial charge in [0.05, 0.1) is 0 Å². The van der Waals surface area contributed by atoms with Crippen LogP contribution in [0.1, 0.15) is 33.6 Å². The Hall–Kier alpha value is -0.610. The van der Waals surface area contributed by atoms with Gasteiger partial charge in [0, 0.05) is 44.6 Å². The van der Waals surface area contributed by atoms with E-state index in [2.05, 4.69) is 4.90 Å². The van der Waals surface area contributed by atoms with Crippen LogP contribution >= 0.6 is 0 Å². The lowest BCUT2D eigenvalue weighted by Crippen LogP contribution is -2.59. The fourth-order valence-corrected chi connectivity index (χ4v) is 2.82. The molecule has 2 aliphatic rings. The van der Waals surface area contributed by atoms with Crippen LogP contribution in [0.4, 0.5) is 0 Å². The van der Waals surface area contributed by atoms with Crippen molar-refractivity contribution in [3.8, 4) is 0 Å². The molecule has 1 amide bonds. The third-order valence-electron chi connectivity index (χ3n) is 3.67. The van der Waals surface area contributed by atoms with E-state index < -0.39 is 0 Å². The van der Waals surface area contributed by atoms with Crippen LogP contribution in [0, 0.1) is 5.41 Å². The van der Waals surface area contributed by atoms with Gasteiger partial charge < -0.3 is 15.5 Å². The molecule has 4 nitrogen and oxygen atoms in total. The van der Waals surface area contributed by atoms with Gasteiger partial charge in [-0.2, -0.15) is 0 Å². The molecular formula is C13H27N3O. The van der Waals surface area contributed by atoms with Crippen molar-refractivity contribution in [2.45, 2.75) is 33.6 Å². The minimum absolute atomic E-state index is 0.304. The summed E-state index contributed by atoms with van der Waals surface area (Å²) < 4.78 is 0. The van der Waals surface area contributed by atoms with Gasteiger partial charge in [-0.25, -0.2) is 0 Å². The van der Waals surface area contributed by atoms with Crippen molar-refractivity contribution < 1.29 is 4.79 Å². The molecule has 0 saturated carbocycles. The topological polar surface area (TPSA) is 49.6 Å². The first-order valence-electron chi connectivity index (χ1n) is 6.89. The number of rotatable bonds is 3. The van der Waals surface area contributed by atoms with Crippen LogP contribution in [0.3, 0.4) is 0 Å². The van der Waals surface area contributed by atoms with E-state index in [9.17, 15) is 4.79 Å². The van der Waals surface area contributed by atoms with Gasteiger partial charge in [0.25, 0.3) is 0 Å². The highest BCUT2D eigenvalue weighted by Crippen LogP contribution is 2.39. The Labute approximate surface area is 105 Å². The summed E-state index contributed by atoms with van der Waals surface area (Å²) in [4.78, 5) is 15.9. The Balaban J connectivity index is 0.000000686. The molecule has 2 rings (SSSR count). The van der Waals surface area contributed by atoms with Gasteiger partial charge >= 0.3 is 0 Å². The van der Waals surface area contributed by atoms with Crippen LogP contribution in [-0.2, 0) is 4.79 Å². The SMILES string of the molecule is CC.CCC(=O)N1CC2(CCN(CCN)C2)C1. The quantitative estimate of drug-likeness (QED) is 0.799. The predicted molar refractivity (Wildman–Crippen MR) is 70.8 cm³/mol. The summed E-state index contributed by atoms with van der Waals surface area (Å²) in [6.07, 6.45) is 1.88. The first-order chi connectivity index (χ1) is 8.19. The van der Waals surface area contributed by atoms with Gasteiger partial charge in [-0.3, -0.25) is 4.79 Å². The molecule has 0 unspecified atom stereocenters. The number of hydrogen-bond acceptors (Lipinski definition) is 3. The van der Waals surface area contributed by atoms with Crippen molar-refractivity contribution in [2.24, 2.45) is 11.1 Å². The fraction of sp³-hybridized carbons (Fsp3) is 0.923. The average Bonchev–Trinajstić information content (AvgIpc) is 2.74. The first kappa shape index (κ1) is 14.5. The number of nitrogens with two attached hydrogens (primary N) is 1. The van der Waals surface area contributed by atoms with Gasteiger partial charge in [-0.05, 0) is 13.0 Å². The van der Waals surface area contributed by atoms with E-state index in [0.717, 1.165) is 39.3 Å². The summed E-state index contributed by atoms with van der Waals surface area (Å²) in [6.45, 7) is 11.9. The van der Waals surface area contributed by atoms with Crippen LogP contribution < -0.4 is 5.73 Å². The standard InChI is InChI=1S/C11H21N3O.C2H6/c1-2-10(15)14-8-11(9-14)3-5-13(7-11)6-4-12;1-2/h2-9,12H2,1H3;1-2H3. The number of carbonyl (C=O) groups excluding carboxylic acids is 1. The van der Waals surface area contributed by atoms with E-state index in [4.69, 9.17) is 5.73 Å². The number of carbonyl (C=O) groups is 1. The summed E-state index contributed by atoms with van der Waals surface area (Å²) in [6, 6.07) is 0. The fourth-order valence-electron chi connectivity index (χ4n) is 2.82. The van der Waals surface area contributed by atoms with Gasteiger partial charge in [0.2, 0.25) is 5.91 Å². The highest BCUT2D eigenvalue weighted by atomic mass is 16.2. The maximum Gasteiger partial charge on any atom is 0.222 e. The molecule has 2 N–H and O–H groups in total. The smallest absolute Gasteiger partial charge is 0.222 e. The average molecular weight is 241 g/mol. The van der Waals surface area contributed by atoms with Crippen LogP contribution in [0.2, 0.25) is 0 Å². The number of nitrogens with zero attached hydrogens (tertiary/aromatic N) is 2. The van der Waals surface area contributed by atoms with Crippen LogP contribution in [0.5, 0.6) is 0 Å². The normalized spacial score (nSPS) is 22.0. The lowest BCUT2D eigenvalue weighted by Gasteiger charge is -2.48. The molecular weight excluding hydrogens is 214 g/mol. The number of hydrogen-bond donors (Lipinski definition) is 1. The Morgan fingerprint density at radius 3 is 2.47 bits per heavy atom. The van der Waals surface area contributed by atoms with Gasteiger partial charge in [0.1, 0.15) is 0 Å². The van der Waals surface area contributed by atoms with E-state index in [1.165, 1.54) is 6.42 Å². The molecule has 0 atom stereocenters. The van der Waals surface area contributed by atoms with E-state index in [-0.39, 0.29) is 0 Å². The summed E-state index contributed by atoms with van der Waals surface area (Å²) in [5.41, 5.74) is 5.96. The third-order valence-corrected chi connectivity index (χ3v) is 3.67. The zero-order chi connectivity index (χ0) is 12.9. The lowest BCUT2D eigenvalue weighted by atomic mass is 9.79. The monoisotopic (exact) mass is 241 g/mol. The van der Waals surface area contributed by atoms with E-state index in [1.807, 2.05) is 25.7 Å². The minimum atomic E-state index is 0.304. The summed E-state index contributed by atoms with van der Waals surface area (Å²) in [7, 11) is 0. The molecule has 0 aromatic heterocycles. The van der Waals surface area contributed by atoms with Crippen LogP contribution in [-0.4, -0.2) is 55.0 Å². The molecule has 2 aliphatic heterocycles. The molecule has 0 radical (unpaired) electrons. The molecule has 2 heterocycles. The second-order valence-corrected chi connectivity index (χ2v) is 4.92.